The molecule has 1 N–H and O–H groups in total. The van der Waals surface area contributed by atoms with Crippen LogP contribution in [0.2, 0.25) is 0 Å². The molecule has 4 rings (SSSR count). The molecule has 39 heavy (non-hydrogen) atoms. The number of aromatic nitrogens is 2. The van der Waals surface area contributed by atoms with Crippen LogP contribution in [0.25, 0.3) is 11.0 Å². The number of carbonyl (C=O) groups excluding carboxylic acids is 1. The van der Waals surface area contributed by atoms with E-state index in [9.17, 15) is 4.79 Å². The fourth-order valence-electron chi connectivity index (χ4n) is 4.77. The van der Waals surface area contributed by atoms with Gasteiger partial charge in [-0.1, -0.05) is 69.2 Å². The van der Waals surface area contributed by atoms with Crippen LogP contribution in [0.4, 0.5) is 0 Å². The van der Waals surface area contributed by atoms with Crippen LogP contribution in [-0.2, 0) is 18.4 Å². The highest BCUT2D eigenvalue weighted by molar-refractivity contribution is 5.94. The lowest BCUT2D eigenvalue weighted by Crippen LogP contribution is -2.24. The molecule has 5 heteroatoms. The first-order chi connectivity index (χ1) is 18.8. The Morgan fingerprint density at radius 3 is 2.36 bits per heavy atom. The number of ether oxygens (including phenoxy) is 1. The van der Waals surface area contributed by atoms with E-state index >= 15 is 0 Å². The molecule has 3 aromatic carbocycles. The summed E-state index contributed by atoms with van der Waals surface area (Å²) >= 11 is 0. The molecule has 0 spiro atoms. The van der Waals surface area contributed by atoms with Crippen molar-refractivity contribution in [2.45, 2.75) is 78.2 Å². The molecule has 0 aliphatic carbocycles. The summed E-state index contributed by atoms with van der Waals surface area (Å²) in [4.78, 5) is 17.2. The average molecular weight is 526 g/mol. The van der Waals surface area contributed by atoms with Gasteiger partial charge in [-0.25, -0.2) is 4.98 Å². The zero-order valence-electron chi connectivity index (χ0n) is 24.0. The number of para-hydroxylation sites is 2. The summed E-state index contributed by atoms with van der Waals surface area (Å²) in [5.41, 5.74) is 5.62. The zero-order valence-corrected chi connectivity index (χ0v) is 24.0. The molecule has 0 saturated heterocycles. The second-order valence-corrected chi connectivity index (χ2v) is 11.4. The van der Waals surface area contributed by atoms with Crippen molar-refractivity contribution in [3.63, 3.8) is 0 Å². The monoisotopic (exact) mass is 525 g/mol. The number of unbranched alkanes of at least 4 members (excludes halogenated alkanes) is 3. The van der Waals surface area contributed by atoms with Crippen LogP contribution in [-0.4, -0.2) is 28.6 Å². The van der Waals surface area contributed by atoms with E-state index in [-0.39, 0.29) is 11.3 Å². The first-order valence-corrected chi connectivity index (χ1v) is 14.3. The van der Waals surface area contributed by atoms with Gasteiger partial charge in [-0.05, 0) is 80.0 Å². The van der Waals surface area contributed by atoms with Gasteiger partial charge in [-0.2, -0.15) is 0 Å². The van der Waals surface area contributed by atoms with Gasteiger partial charge in [-0.3, -0.25) is 4.79 Å². The number of nitrogens with zero attached hydrogens (tertiary/aromatic N) is 2. The first-order valence-electron chi connectivity index (χ1n) is 14.3. The molecule has 4 aromatic rings. The van der Waals surface area contributed by atoms with Gasteiger partial charge in [0.2, 0.25) is 0 Å². The Labute approximate surface area is 233 Å². The van der Waals surface area contributed by atoms with Crippen molar-refractivity contribution in [1.82, 2.24) is 14.9 Å². The molecule has 0 fully saturated rings. The minimum absolute atomic E-state index is 0.00249. The lowest BCUT2D eigenvalue weighted by molar-refractivity contribution is 0.0953. The van der Waals surface area contributed by atoms with Crippen LogP contribution in [0, 0.1) is 6.92 Å². The maximum atomic E-state index is 12.3. The predicted molar refractivity (Wildman–Crippen MR) is 161 cm³/mol. The number of rotatable bonds is 13. The Balaban J connectivity index is 1.21. The molecular weight excluding hydrogens is 482 g/mol. The first kappa shape index (κ1) is 28.4. The molecule has 0 bridgehead atoms. The Kier molecular flexibility index (Phi) is 9.80. The van der Waals surface area contributed by atoms with E-state index in [4.69, 9.17) is 9.72 Å². The molecule has 0 aliphatic heterocycles. The smallest absolute Gasteiger partial charge is 0.251 e. The Morgan fingerprint density at radius 1 is 0.872 bits per heavy atom. The van der Waals surface area contributed by atoms with Gasteiger partial charge in [0.1, 0.15) is 11.6 Å². The molecule has 0 atom stereocenters. The standard InChI is InChI=1S/C34H43N3O2/c1-26-15-17-27(18-16-26)33(38)35-23-9-5-6-14-32-36-30-12-7-8-13-31(30)37(32)24-10-11-25-39-29-21-19-28(20-22-29)34(2,3)4/h7-8,12-13,15-22H,5-6,9-11,14,23-25H2,1-4H3,(H,35,38). The van der Waals surface area contributed by atoms with Gasteiger partial charge in [0.15, 0.2) is 0 Å². The van der Waals surface area contributed by atoms with E-state index in [0.29, 0.717) is 13.2 Å². The average Bonchev–Trinajstić information content (AvgIpc) is 3.27. The molecule has 206 valence electrons. The third-order valence-corrected chi connectivity index (χ3v) is 7.18. The van der Waals surface area contributed by atoms with Gasteiger partial charge in [0, 0.05) is 25.1 Å². The summed E-state index contributed by atoms with van der Waals surface area (Å²) in [6, 6.07) is 24.6. The normalized spacial score (nSPS) is 11.6. The Morgan fingerprint density at radius 2 is 1.62 bits per heavy atom. The molecule has 1 heterocycles. The van der Waals surface area contributed by atoms with Gasteiger partial charge in [0.05, 0.1) is 17.6 Å². The molecule has 0 unspecified atom stereocenters. The van der Waals surface area contributed by atoms with E-state index in [1.807, 2.05) is 31.2 Å². The van der Waals surface area contributed by atoms with Crippen LogP contribution in [0.1, 0.15) is 80.2 Å². The number of hydrogen-bond acceptors (Lipinski definition) is 3. The lowest BCUT2D eigenvalue weighted by atomic mass is 9.87. The highest BCUT2D eigenvalue weighted by atomic mass is 16.5. The van der Waals surface area contributed by atoms with Crippen molar-refractivity contribution in [3.05, 3.63) is 95.3 Å². The van der Waals surface area contributed by atoms with Crippen molar-refractivity contribution < 1.29 is 9.53 Å². The maximum Gasteiger partial charge on any atom is 0.251 e. The Hall–Kier alpha value is -3.60. The highest BCUT2D eigenvalue weighted by Gasteiger charge is 2.13. The van der Waals surface area contributed by atoms with Crippen LogP contribution in [0.5, 0.6) is 5.75 Å². The van der Waals surface area contributed by atoms with E-state index < -0.39 is 0 Å². The van der Waals surface area contributed by atoms with E-state index in [1.165, 1.54) is 11.1 Å². The predicted octanol–water partition coefficient (Wildman–Crippen LogP) is 7.64. The lowest BCUT2D eigenvalue weighted by Gasteiger charge is -2.19. The molecule has 0 aliphatic rings. The number of nitrogens with one attached hydrogen (secondary N) is 1. The fraction of sp³-hybridized carbons (Fsp3) is 0.412. The number of hydrogen-bond donors (Lipinski definition) is 1. The van der Waals surface area contributed by atoms with Crippen LogP contribution >= 0.6 is 0 Å². The molecule has 1 aromatic heterocycles. The summed E-state index contributed by atoms with van der Waals surface area (Å²) in [5.74, 6) is 2.09. The van der Waals surface area contributed by atoms with Gasteiger partial charge < -0.3 is 14.6 Å². The number of imidazole rings is 1. The summed E-state index contributed by atoms with van der Waals surface area (Å²) < 4.78 is 8.39. The van der Waals surface area contributed by atoms with Crippen molar-refractivity contribution in [2.75, 3.05) is 13.2 Å². The third-order valence-electron chi connectivity index (χ3n) is 7.18. The molecule has 5 nitrogen and oxygen atoms in total. The van der Waals surface area contributed by atoms with Crippen molar-refractivity contribution in [2.24, 2.45) is 0 Å². The summed E-state index contributed by atoms with van der Waals surface area (Å²) in [7, 11) is 0. The van der Waals surface area contributed by atoms with Gasteiger partial charge in [0.25, 0.3) is 5.91 Å². The maximum absolute atomic E-state index is 12.3. The number of fused-ring (bicyclic) bond motifs is 1. The molecule has 0 radical (unpaired) electrons. The third kappa shape index (κ3) is 8.19. The summed E-state index contributed by atoms with van der Waals surface area (Å²) in [6.07, 6.45) is 6.05. The highest BCUT2D eigenvalue weighted by Crippen LogP contribution is 2.24. The second-order valence-electron chi connectivity index (χ2n) is 11.4. The van der Waals surface area contributed by atoms with Crippen molar-refractivity contribution in [1.29, 1.82) is 0 Å². The van der Waals surface area contributed by atoms with E-state index in [1.54, 1.807) is 0 Å². The molecule has 1 amide bonds. The van der Waals surface area contributed by atoms with Gasteiger partial charge >= 0.3 is 0 Å². The quantitative estimate of drug-likeness (QED) is 0.182. The summed E-state index contributed by atoms with van der Waals surface area (Å²) in [5, 5.41) is 3.04. The minimum Gasteiger partial charge on any atom is -0.494 e. The number of amides is 1. The van der Waals surface area contributed by atoms with Crippen molar-refractivity contribution >= 4 is 16.9 Å². The number of carbonyl (C=O) groups is 1. The van der Waals surface area contributed by atoms with E-state index in [0.717, 1.165) is 73.3 Å². The van der Waals surface area contributed by atoms with Crippen LogP contribution in [0.15, 0.2) is 72.8 Å². The molecule has 0 saturated carbocycles. The molecular formula is C34H43N3O2. The topological polar surface area (TPSA) is 56.2 Å². The zero-order chi connectivity index (χ0) is 27.7. The second kappa shape index (κ2) is 13.5. The van der Waals surface area contributed by atoms with Crippen molar-refractivity contribution in [3.8, 4) is 5.75 Å². The largest absolute Gasteiger partial charge is 0.494 e. The van der Waals surface area contributed by atoms with Crippen LogP contribution < -0.4 is 10.1 Å². The Bertz CT molecular complexity index is 1330. The SMILES string of the molecule is Cc1ccc(C(=O)NCCCCCc2nc3ccccc3n2CCCCOc2ccc(C(C)(C)C)cc2)cc1. The van der Waals surface area contributed by atoms with Gasteiger partial charge in [-0.15, -0.1) is 0 Å². The summed E-state index contributed by atoms with van der Waals surface area (Å²) in [6.45, 7) is 11.1. The fourth-order valence-corrected chi connectivity index (χ4v) is 4.77. The van der Waals surface area contributed by atoms with E-state index in [2.05, 4.69) is 79.2 Å². The minimum atomic E-state index is 0.00249. The van der Waals surface area contributed by atoms with Crippen LogP contribution in [0.3, 0.4) is 0 Å². The number of aryl methyl sites for hydroxylation is 3. The number of benzene rings is 3.